The number of aromatic nitrogens is 3. The molecule has 0 saturated carbocycles. The zero-order chi connectivity index (χ0) is 15.4. The van der Waals surface area contributed by atoms with Gasteiger partial charge in [0, 0.05) is 19.6 Å². The van der Waals surface area contributed by atoms with E-state index in [2.05, 4.69) is 10.3 Å². The lowest BCUT2D eigenvalue weighted by atomic mass is 10.2. The summed E-state index contributed by atoms with van der Waals surface area (Å²) < 4.78 is 1.33. The van der Waals surface area contributed by atoms with Gasteiger partial charge >= 0.3 is 5.97 Å². The monoisotopic (exact) mass is 295 g/mol. The van der Waals surface area contributed by atoms with Gasteiger partial charge in [0.1, 0.15) is 6.04 Å². The molecule has 1 amide bonds. The van der Waals surface area contributed by atoms with Gasteiger partial charge in [-0.3, -0.25) is 4.79 Å². The molecule has 1 aliphatic heterocycles. The molecule has 1 aromatic rings. The fourth-order valence-corrected chi connectivity index (χ4v) is 2.64. The Kier molecular flexibility index (Phi) is 4.89. The molecule has 21 heavy (non-hydrogen) atoms. The van der Waals surface area contributed by atoms with Crippen LogP contribution in [0.5, 0.6) is 0 Å². The predicted molar refractivity (Wildman–Crippen MR) is 74.6 cm³/mol. The Morgan fingerprint density at radius 1 is 1.29 bits per heavy atom. The molecule has 1 unspecified atom stereocenters. The van der Waals surface area contributed by atoms with Crippen LogP contribution in [0.1, 0.15) is 54.8 Å². The number of carbonyl (C=O) groups is 2. The number of carboxylic acid groups (broad SMARTS) is 1. The molecular formula is C13H21N5O3. The van der Waals surface area contributed by atoms with Crippen molar-refractivity contribution in [2.24, 2.45) is 5.73 Å². The first-order valence-corrected chi connectivity index (χ1v) is 7.22. The van der Waals surface area contributed by atoms with Crippen LogP contribution in [0.2, 0.25) is 0 Å². The number of amides is 1. The molecule has 0 bridgehead atoms. The van der Waals surface area contributed by atoms with Crippen LogP contribution in [0.15, 0.2) is 0 Å². The van der Waals surface area contributed by atoms with Gasteiger partial charge in [-0.15, -0.1) is 5.10 Å². The van der Waals surface area contributed by atoms with E-state index in [1.54, 1.807) is 6.92 Å². The van der Waals surface area contributed by atoms with Crippen LogP contribution in [0.4, 0.5) is 0 Å². The average Bonchev–Trinajstić information content (AvgIpc) is 2.72. The Labute approximate surface area is 122 Å². The Balaban J connectivity index is 2.20. The van der Waals surface area contributed by atoms with Gasteiger partial charge in [0.2, 0.25) is 5.91 Å². The third-order valence-corrected chi connectivity index (χ3v) is 3.83. The molecule has 8 nitrogen and oxygen atoms in total. The zero-order valence-corrected chi connectivity index (χ0v) is 12.2. The minimum atomic E-state index is -1.18. The molecule has 1 fully saturated rings. The first-order chi connectivity index (χ1) is 10.1. The molecule has 0 radical (unpaired) electrons. The van der Waals surface area contributed by atoms with Crippen LogP contribution in [-0.2, 0) is 11.3 Å². The van der Waals surface area contributed by atoms with Crippen molar-refractivity contribution < 1.29 is 14.7 Å². The summed E-state index contributed by atoms with van der Waals surface area (Å²) in [6.45, 7) is 3.15. The van der Waals surface area contributed by atoms with Gasteiger partial charge in [-0.1, -0.05) is 18.1 Å². The molecule has 3 N–H and O–H groups in total. The van der Waals surface area contributed by atoms with Crippen molar-refractivity contribution in [1.82, 2.24) is 19.9 Å². The summed E-state index contributed by atoms with van der Waals surface area (Å²) in [5.74, 6) is -1.25. The van der Waals surface area contributed by atoms with Crippen molar-refractivity contribution in [2.75, 3.05) is 13.1 Å². The van der Waals surface area contributed by atoms with E-state index in [9.17, 15) is 9.59 Å². The molecule has 1 saturated heterocycles. The summed E-state index contributed by atoms with van der Waals surface area (Å²) in [7, 11) is 0. The summed E-state index contributed by atoms with van der Waals surface area (Å²) in [6, 6.07) is -0.595. The number of nitrogens with two attached hydrogens (primary N) is 1. The fourth-order valence-electron chi connectivity index (χ4n) is 2.64. The smallest absolute Gasteiger partial charge is 0.358 e. The Bertz CT molecular complexity index is 520. The average molecular weight is 295 g/mol. The third kappa shape index (κ3) is 3.21. The van der Waals surface area contributed by atoms with Gasteiger partial charge in [0.25, 0.3) is 0 Å². The fraction of sp³-hybridized carbons (Fsp3) is 0.692. The van der Waals surface area contributed by atoms with E-state index in [1.807, 2.05) is 4.90 Å². The van der Waals surface area contributed by atoms with Crippen LogP contribution >= 0.6 is 0 Å². The van der Waals surface area contributed by atoms with E-state index in [0.29, 0.717) is 0 Å². The highest BCUT2D eigenvalue weighted by Crippen LogP contribution is 2.17. The molecule has 1 aromatic heterocycles. The molecule has 0 aromatic carbocycles. The maximum absolute atomic E-state index is 12.5. The summed E-state index contributed by atoms with van der Waals surface area (Å²) in [5, 5.41) is 16.5. The highest BCUT2D eigenvalue weighted by atomic mass is 16.4. The number of hydrogen-bond donors (Lipinski definition) is 2. The van der Waals surface area contributed by atoms with Crippen molar-refractivity contribution >= 4 is 11.9 Å². The largest absolute Gasteiger partial charge is 0.476 e. The summed E-state index contributed by atoms with van der Waals surface area (Å²) in [4.78, 5) is 25.4. The first-order valence-electron chi connectivity index (χ1n) is 7.22. The Hall–Kier alpha value is -1.96. The number of aromatic carboxylic acids is 1. The normalized spacial score (nSPS) is 17.3. The minimum absolute atomic E-state index is 0.0216. The molecular weight excluding hydrogens is 274 g/mol. The van der Waals surface area contributed by atoms with Crippen LogP contribution in [0.3, 0.4) is 0 Å². The van der Waals surface area contributed by atoms with Gasteiger partial charge in [-0.25, -0.2) is 9.48 Å². The van der Waals surface area contributed by atoms with Gasteiger partial charge < -0.3 is 15.7 Å². The lowest BCUT2D eigenvalue weighted by Gasteiger charge is -2.24. The summed E-state index contributed by atoms with van der Waals surface area (Å²) in [5.41, 5.74) is 5.68. The van der Waals surface area contributed by atoms with Crippen molar-refractivity contribution in [2.45, 2.75) is 45.2 Å². The maximum Gasteiger partial charge on any atom is 0.358 e. The van der Waals surface area contributed by atoms with E-state index < -0.39 is 12.0 Å². The van der Waals surface area contributed by atoms with Crippen molar-refractivity contribution in [3.05, 3.63) is 11.4 Å². The second kappa shape index (κ2) is 6.66. The van der Waals surface area contributed by atoms with Crippen LogP contribution in [0, 0.1) is 0 Å². The standard InChI is InChI=1S/C13H21N5O3/c1-9(12(19)17-6-4-2-3-5-7-17)18-10(8-14)11(13(20)21)15-16-18/h9H,2-8,14H2,1H3,(H,20,21). The van der Waals surface area contributed by atoms with E-state index in [4.69, 9.17) is 10.8 Å². The van der Waals surface area contributed by atoms with E-state index in [1.165, 1.54) is 4.68 Å². The van der Waals surface area contributed by atoms with Gasteiger partial charge in [-0.2, -0.15) is 0 Å². The molecule has 0 aliphatic carbocycles. The van der Waals surface area contributed by atoms with E-state index in [-0.39, 0.29) is 23.8 Å². The summed E-state index contributed by atoms with van der Waals surface area (Å²) in [6.07, 6.45) is 4.28. The second-order valence-electron chi connectivity index (χ2n) is 5.25. The van der Waals surface area contributed by atoms with Crippen molar-refractivity contribution in [3.8, 4) is 0 Å². The molecule has 2 rings (SSSR count). The lowest BCUT2D eigenvalue weighted by molar-refractivity contribution is -0.134. The molecule has 2 heterocycles. The van der Waals surface area contributed by atoms with Gasteiger partial charge in [-0.05, 0) is 19.8 Å². The van der Waals surface area contributed by atoms with Gasteiger partial charge in [0.05, 0.1) is 5.69 Å². The number of nitrogens with zero attached hydrogens (tertiary/aromatic N) is 4. The maximum atomic E-state index is 12.5. The predicted octanol–water partition coefficient (Wildman–Crippen LogP) is 0.399. The summed E-state index contributed by atoms with van der Waals surface area (Å²) >= 11 is 0. The lowest BCUT2D eigenvalue weighted by Crippen LogP contribution is -2.38. The molecule has 116 valence electrons. The first kappa shape index (κ1) is 15.4. The number of carboxylic acids is 1. The van der Waals surface area contributed by atoms with Crippen molar-refractivity contribution in [3.63, 3.8) is 0 Å². The topological polar surface area (TPSA) is 114 Å². The molecule has 1 atom stereocenters. The van der Waals surface area contributed by atoms with Crippen LogP contribution in [-0.4, -0.2) is 50.0 Å². The number of hydrogen-bond acceptors (Lipinski definition) is 5. The van der Waals surface area contributed by atoms with Crippen molar-refractivity contribution in [1.29, 1.82) is 0 Å². The number of carbonyl (C=O) groups excluding carboxylic acids is 1. The highest BCUT2D eigenvalue weighted by molar-refractivity contribution is 5.87. The highest BCUT2D eigenvalue weighted by Gasteiger charge is 2.27. The number of rotatable bonds is 4. The minimum Gasteiger partial charge on any atom is -0.476 e. The van der Waals surface area contributed by atoms with Gasteiger partial charge in [0.15, 0.2) is 5.69 Å². The Morgan fingerprint density at radius 2 is 1.90 bits per heavy atom. The van der Waals surface area contributed by atoms with Crippen LogP contribution in [0.25, 0.3) is 0 Å². The SMILES string of the molecule is CC(C(=O)N1CCCCCC1)n1nnc(C(=O)O)c1CN. The molecule has 1 aliphatic rings. The third-order valence-electron chi connectivity index (χ3n) is 3.83. The van der Waals surface area contributed by atoms with E-state index in [0.717, 1.165) is 38.8 Å². The zero-order valence-electron chi connectivity index (χ0n) is 12.2. The van der Waals surface area contributed by atoms with Crippen LogP contribution < -0.4 is 5.73 Å². The Morgan fingerprint density at radius 3 is 2.43 bits per heavy atom. The quantitative estimate of drug-likeness (QED) is 0.831. The number of likely N-dealkylation sites (tertiary alicyclic amines) is 1. The molecule has 0 spiro atoms. The van der Waals surface area contributed by atoms with E-state index >= 15 is 0 Å². The second-order valence-corrected chi connectivity index (χ2v) is 5.25. The molecule has 8 heteroatoms.